The Morgan fingerprint density at radius 1 is 0.333 bits per heavy atom. The summed E-state index contributed by atoms with van der Waals surface area (Å²) < 4.78 is 0. The summed E-state index contributed by atoms with van der Waals surface area (Å²) in [6.45, 7) is 4.21. The van der Waals surface area contributed by atoms with Crippen molar-refractivity contribution in [2.45, 2.75) is 315 Å². The number of nitrogens with one attached hydrogen (secondary N) is 1. The summed E-state index contributed by atoms with van der Waals surface area (Å²) in [5, 5.41) is 23.3. The molecule has 4 nitrogen and oxygen atoms in total. The van der Waals surface area contributed by atoms with Crippen LogP contribution in [0.5, 0.6) is 0 Å². The number of hydrogen-bond acceptors (Lipinski definition) is 3. The molecule has 0 aliphatic carbocycles. The summed E-state index contributed by atoms with van der Waals surface area (Å²) >= 11 is 0. The van der Waals surface area contributed by atoms with Crippen LogP contribution in [0.4, 0.5) is 0 Å². The third kappa shape index (κ3) is 61.5. The Hall–Kier alpha value is -3.21. The Morgan fingerprint density at radius 2 is 0.587 bits per heavy atom. The highest BCUT2D eigenvalue weighted by Gasteiger charge is 2.18. The van der Waals surface area contributed by atoms with Gasteiger partial charge in [0.2, 0.25) is 5.91 Å². The first-order chi connectivity index (χ1) is 37.2. The zero-order valence-electron chi connectivity index (χ0n) is 49.5. The van der Waals surface area contributed by atoms with E-state index in [0.717, 1.165) is 96.3 Å². The summed E-state index contributed by atoms with van der Waals surface area (Å²) in [6.07, 6.45) is 99.6. The highest BCUT2D eigenvalue weighted by molar-refractivity contribution is 5.76. The second kappa shape index (κ2) is 65.1. The van der Waals surface area contributed by atoms with Crippen molar-refractivity contribution in [2.24, 2.45) is 0 Å². The molecule has 0 aromatic heterocycles. The van der Waals surface area contributed by atoms with Crippen molar-refractivity contribution >= 4 is 5.91 Å². The molecule has 0 aromatic carbocycles. The Morgan fingerprint density at radius 3 is 0.880 bits per heavy atom. The zero-order valence-corrected chi connectivity index (χ0v) is 49.5. The van der Waals surface area contributed by atoms with Crippen LogP contribution >= 0.6 is 0 Å². The monoisotopic (exact) mass is 1040 g/mol. The van der Waals surface area contributed by atoms with Crippen LogP contribution in [0.1, 0.15) is 303 Å². The van der Waals surface area contributed by atoms with Gasteiger partial charge in [-0.05, 0) is 89.9 Å². The number of hydrogen-bond donors (Lipinski definition) is 3. The van der Waals surface area contributed by atoms with Crippen LogP contribution in [0.25, 0.3) is 0 Å². The standard InChI is InChI=1S/C71H123NO3/c1-3-5-7-9-11-13-15-17-19-21-23-25-27-29-31-33-34-35-36-37-38-39-41-43-45-47-49-51-53-55-57-59-61-63-65-67-71(75)72-69(68-73)70(74)66-64-62-60-58-56-54-52-50-48-46-44-42-40-32-30-28-26-24-22-20-18-16-14-12-10-8-6-4-2/h5,7,11,13,17,19,23,25,29,31,34-35,37-38,41,43,47,49,64,66,69-70,73-74H,3-4,6,8-10,12,14-16,18,20-22,24,26-28,30,32-33,36,39-40,42,44-46,48,50-63,65,67-68H2,1-2H3,(H,72,75)/b7-5-,13-11-,19-17-,25-23-,31-29-,35-34-,38-37-,43-41-,49-47-,66-64+. The number of rotatable bonds is 58. The van der Waals surface area contributed by atoms with Gasteiger partial charge < -0.3 is 15.5 Å². The van der Waals surface area contributed by atoms with E-state index in [9.17, 15) is 15.0 Å². The summed E-state index contributed by atoms with van der Waals surface area (Å²) in [4.78, 5) is 12.5. The van der Waals surface area contributed by atoms with Crippen LogP contribution in [0.3, 0.4) is 0 Å². The van der Waals surface area contributed by atoms with Crippen molar-refractivity contribution in [2.75, 3.05) is 6.61 Å². The maximum atomic E-state index is 12.5. The first-order valence-electron chi connectivity index (χ1n) is 32.2. The normalized spacial score (nSPS) is 13.6. The lowest BCUT2D eigenvalue weighted by Gasteiger charge is -2.20. The molecule has 0 aliphatic rings. The smallest absolute Gasteiger partial charge is 0.220 e. The molecular weight excluding hydrogens is 915 g/mol. The molecule has 75 heavy (non-hydrogen) atoms. The fourth-order valence-corrected chi connectivity index (χ4v) is 9.35. The molecule has 0 spiro atoms. The number of amides is 1. The minimum Gasteiger partial charge on any atom is -0.394 e. The van der Waals surface area contributed by atoms with E-state index in [0.29, 0.717) is 6.42 Å². The van der Waals surface area contributed by atoms with E-state index < -0.39 is 12.1 Å². The number of carbonyl (C=O) groups is 1. The molecule has 2 unspecified atom stereocenters. The van der Waals surface area contributed by atoms with Gasteiger partial charge in [0, 0.05) is 6.42 Å². The third-order valence-electron chi connectivity index (χ3n) is 14.2. The summed E-state index contributed by atoms with van der Waals surface area (Å²) in [5.41, 5.74) is 0. The number of aliphatic hydroxyl groups is 2. The van der Waals surface area contributed by atoms with Crippen molar-refractivity contribution in [3.63, 3.8) is 0 Å². The Balaban J connectivity index is 3.58. The third-order valence-corrected chi connectivity index (χ3v) is 14.2. The molecule has 0 fully saturated rings. The van der Waals surface area contributed by atoms with E-state index in [1.54, 1.807) is 6.08 Å². The van der Waals surface area contributed by atoms with Gasteiger partial charge in [-0.15, -0.1) is 0 Å². The van der Waals surface area contributed by atoms with E-state index >= 15 is 0 Å². The lowest BCUT2D eigenvalue weighted by molar-refractivity contribution is -0.123. The lowest BCUT2D eigenvalue weighted by Crippen LogP contribution is -2.45. The highest BCUT2D eigenvalue weighted by Crippen LogP contribution is 2.17. The van der Waals surface area contributed by atoms with Gasteiger partial charge in [0.1, 0.15) is 0 Å². The van der Waals surface area contributed by atoms with Crippen molar-refractivity contribution < 1.29 is 15.0 Å². The topological polar surface area (TPSA) is 69.6 Å². The van der Waals surface area contributed by atoms with Gasteiger partial charge in [0.05, 0.1) is 18.8 Å². The zero-order chi connectivity index (χ0) is 54.1. The summed E-state index contributed by atoms with van der Waals surface area (Å²) in [6, 6.07) is -0.639. The Bertz CT molecular complexity index is 1460. The molecule has 0 rings (SSSR count). The van der Waals surface area contributed by atoms with Gasteiger partial charge in [-0.25, -0.2) is 0 Å². The molecule has 0 aliphatic heterocycles. The Kier molecular flexibility index (Phi) is 62.3. The number of carbonyl (C=O) groups excluding carboxylic acids is 1. The van der Waals surface area contributed by atoms with Crippen LogP contribution in [0.2, 0.25) is 0 Å². The maximum Gasteiger partial charge on any atom is 0.220 e. The average Bonchev–Trinajstić information content (AvgIpc) is 3.41. The van der Waals surface area contributed by atoms with Gasteiger partial charge in [0.15, 0.2) is 0 Å². The van der Waals surface area contributed by atoms with Crippen LogP contribution in [-0.2, 0) is 4.79 Å². The number of aliphatic hydroxyl groups excluding tert-OH is 2. The molecule has 0 heterocycles. The number of allylic oxidation sites excluding steroid dienone is 19. The van der Waals surface area contributed by atoms with E-state index in [4.69, 9.17) is 0 Å². The molecule has 0 bridgehead atoms. The van der Waals surface area contributed by atoms with Crippen LogP contribution in [0.15, 0.2) is 122 Å². The van der Waals surface area contributed by atoms with Gasteiger partial charge in [-0.3, -0.25) is 4.79 Å². The first kappa shape index (κ1) is 71.8. The summed E-state index contributed by atoms with van der Waals surface area (Å²) in [7, 11) is 0. The molecule has 430 valence electrons. The molecule has 0 saturated heterocycles. The molecule has 2 atom stereocenters. The molecule has 0 saturated carbocycles. The minimum absolute atomic E-state index is 0.0770. The minimum atomic E-state index is -0.854. The van der Waals surface area contributed by atoms with Crippen molar-refractivity contribution in [3.05, 3.63) is 122 Å². The van der Waals surface area contributed by atoms with Crippen molar-refractivity contribution in [1.82, 2.24) is 5.32 Å². The maximum absolute atomic E-state index is 12.5. The van der Waals surface area contributed by atoms with Crippen LogP contribution < -0.4 is 5.32 Å². The molecule has 0 aromatic rings. The number of unbranched alkanes of at least 4 members (excludes halogenated alkanes) is 33. The highest BCUT2D eigenvalue weighted by atomic mass is 16.3. The molecule has 0 radical (unpaired) electrons. The van der Waals surface area contributed by atoms with E-state index in [-0.39, 0.29) is 12.5 Å². The fraction of sp³-hybridized carbons (Fsp3) is 0.704. The summed E-state index contributed by atoms with van der Waals surface area (Å²) in [5.74, 6) is -0.0770. The first-order valence-corrected chi connectivity index (χ1v) is 32.2. The molecule has 1 amide bonds. The van der Waals surface area contributed by atoms with E-state index in [1.807, 2.05) is 6.08 Å². The van der Waals surface area contributed by atoms with Crippen LogP contribution in [-0.4, -0.2) is 34.9 Å². The van der Waals surface area contributed by atoms with Crippen LogP contribution in [0, 0.1) is 0 Å². The largest absolute Gasteiger partial charge is 0.394 e. The predicted molar refractivity (Wildman–Crippen MR) is 336 cm³/mol. The molecular formula is C71H123NO3. The Labute approximate surface area is 467 Å². The van der Waals surface area contributed by atoms with E-state index in [2.05, 4.69) is 129 Å². The van der Waals surface area contributed by atoms with Gasteiger partial charge in [-0.2, -0.15) is 0 Å². The average molecular weight is 1040 g/mol. The second-order valence-corrected chi connectivity index (χ2v) is 21.5. The quantitative estimate of drug-likeness (QED) is 0.0420. The van der Waals surface area contributed by atoms with Gasteiger partial charge >= 0.3 is 0 Å². The van der Waals surface area contributed by atoms with E-state index in [1.165, 1.54) is 186 Å². The van der Waals surface area contributed by atoms with Crippen molar-refractivity contribution in [1.29, 1.82) is 0 Å². The lowest BCUT2D eigenvalue weighted by atomic mass is 10.0. The van der Waals surface area contributed by atoms with Gasteiger partial charge in [0.25, 0.3) is 0 Å². The van der Waals surface area contributed by atoms with Gasteiger partial charge in [-0.1, -0.05) is 328 Å². The SMILES string of the molecule is CC/C=C\C/C=C\C/C=C\C/C=C\C/C=C\C/C=C\C/C=C\C/C=C\C/C=C\CCCCCCCCCC(=O)NC(CO)C(O)/C=C/CCCCCCCCCCCCCCCCCCCCCCCCCCCC. The van der Waals surface area contributed by atoms with Crippen molar-refractivity contribution in [3.8, 4) is 0 Å². The predicted octanol–water partition coefficient (Wildman–Crippen LogP) is 22.0. The molecule has 3 N–H and O–H groups in total. The molecule has 4 heteroatoms. The second-order valence-electron chi connectivity index (χ2n) is 21.5. The fourth-order valence-electron chi connectivity index (χ4n) is 9.35.